The summed E-state index contributed by atoms with van der Waals surface area (Å²) in [6.07, 6.45) is 0. The number of fused-ring (bicyclic) bond motifs is 1. The molecule has 1 aromatic carbocycles. The third-order valence-electron chi connectivity index (χ3n) is 5.72. The fraction of sp³-hybridized carbons (Fsp3) is 0.409. The van der Waals surface area contributed by atoms with Crippen molar-refractivity contribution in [3.05, 3.63) is 50.9 Å². The van der Waals surface area contributed by atoms with Gasteiger partial charge in [0.2, 0.25) is 5.91 Å². The van der Waals surface area contributed by atoms with Crippen molar-refractivity contribution >= 4 is 44.9 Å². The van der Waals surface area contributed by atoms with Crippen molar-refractivity contribution in [3.63, 3.8) is 0 Å². The molecule has 1 saturated heterocycles. The molecule has 0 bridgehead atoms. The first-order chi connectivity index (χ1) is 14.9. The second-order valence-corrected chi connectivity index (χ2v) is 9.69. The van der Waals surface area contributed by atoms with Gasteiger partial charge in [-0.1, -0.05) is 11.8 Å². The summed E-state index contributed by atoms with van der Waals surface area (Å²) in [5.41, 5.74) is 1.93. The second-order valence-electron chi connectivity index (χ2n) is 7.54. The summed E-state index contributed by atoms with van der Waals surface area (Å²) in [4.78, 5) is 36.3. The third-order valence-corrected chi connectivity index (χ3v) is 7.78. The van der Waals surface area contributed by atoms with Crippen molar-refractivity contribution in [3.8, 4) is 0 Å². The smallest absolute Gasteiger partial charge is 0.263 e. The Balaban J connectivity index is 1.42. The maximum Gasteiger partial charge on any atom is 0.263 e. The summed E-state index contributed by atoms with van der Waals surface area (Å²) in [6.45, 7) is 9.05. The van der Waals surface area contributed by atoms with E-state index in [2.05, 4.69) is 4.90 Å². The predicted molar refractivity (Wildman–Crippen MR) is 125 cm³/mol. The quantitative estimate of drug-likeness (QED) is 0.430. The van der Waals surface area contributed by atoms with E-state index in [1.54, 1.807) is 16.7 Å². The van der Waals surface area contributed by atoms with Crippen LogP contribution in [0.2, 0.25) is 0 Å². The van der Waals surface area contributed by atoms with E-state index < -0.39 is 0 Å². The third kappa shape index (κ3) is 4.34. The van der Waals surface area contributed by atoms with E-state index >= 15 is 0 Å². The summed E-state index contributed by atoms with van der Waals surface area (Å²) in [5.74, 6) is 0.0387. The molecule has 0 radical (unpaired) electrons. The fourth-order valence-electron chi connectivity index (χ4n) is 3.78. The minimum Gasteiger partial charge on any atom is -0.368 e. The number of rotatable bonds is 5. The average molecular weight is 461 g/mol. The standard InChI is InChI=1S/C22H25FN4O2S2/c1-4-27-21(29)19-14(2)15(3)31-20(19)24-22(27)30-13-18(28)26-11-9-25(10-12-26)17-7-5-16(23)6-8-17/h5-8H,4,9-13H2,1-3H3. The van der Waals surface area contributed by atoms with Gasteiger partial charge in [0, 0.05) is 43.3 Å². The number of carbonyl (C=O) groups excluding carboxylic acids is 1. The molecule has 0 saturated carbocycles. The Morgan fingerprint density at radius 3 is 2.48 bits per heavy atom. The zero-order valence-corrected chi connectivity index (χ0v) is 19.5. The minimum absolute atomic E-state index is 0.0304. The first kappa shape index (κ1) is 21.8. The molecule has 0 aliphatic carbocycles. The normalized spacial score (nSPS) is 14.5. The largest absolute Gasteiger partial charge is 0.368 e. The first-order valence-electron chi connectivity index (χ1n) is 10.3. The summed E-state index contributed by atoms with van der Waals surface area (Å²) >= 11 is 2.85. The number of amides is 1. The summed E-state index contributed by atoms with van der Waals surface area (Å²) in [7, 11) is 0. The summed E-state index contributed by atoms with van der Waals surface area (Å²) < 4.78 is 14.8. The lowest BCUT2D eigenvalue weighted by atomic mass is 10.2. The number of thiophene rings is 1. The Kier molecular flexibility index (Phi) is 6.34. The molecule has 1 amide bonds. The van der Waals surface area contributed by atoms with Gasteiger partial charge in [-0.3, -0.25) is 14.2 Å². The van der Waals surface area contributed by atoms with Gasteiger partial charge in [-0.2, -0.15) is 0 Å². The Bertz CT molecular complexity index is 1160. The number of halogens is 1. The number of anilines is 1. The number of benzene rings is 1. The van der Waals surface area contributed by atoms with Gasteiger partial charge in [0.1, 0.15) is 10.6 Å². The highest BCUT2D eigenvalue weighted by atomic mass is 32.2. The van der Waals surface area contributed by atoms with Crippen LogP contribution in [0, 0.1) is 19.7 Å². The van der Waals surface area contributed by atoms with Crippen LogP contribution in [0.1, 0.15) is 17.4 Å². The molecule has 3 heterocycles. The second kappa shape index (κ2) is 9.00. The van der Waals surface area contributed by atoms with Crippen LogP contribution in [-0.4, -0.2) is 52.3 Å². The van der Waals surface area contributed by atoms with Crippen LogP contribution < -0.4 is 10.5 Å². The average Bonchev–Trinajstić information content (AvgIpc) is 3.06. The maximum atomic E-state index is 13.1. The lowest BCUT2D eigenvalue weighted by molar-refractivity contribution is -0.128. The van der Waals surface area contributed by atoms with Crippen molar-refractivity contribution in [1.29, 1.82) is 0 Å². The van der Waals surface area contributed by atoms with Crippen LogP contribution in [0.5, 0.6) is 0 Å². The minimum atomic E-state index is -0.250. The topological polar surface area (TPSA) is 58.4 Å². The van der Waals surface area contributed by atoms with Crippen molar-refractivity contribution in [2.45, 2.75) is 32.5 Å². The molecule has 9 heteroatoms. The molecule has 31 heavy (non-hydrogen) atoms. The molecule has 3 aromatic rings. The Morgan fingerprint density at radius 2 is 1.84 bits per heavy atom. The van der Waals surface area contributed by atoms with Gasteiger partial charge in [-0.25, -0.2) is 9.37 Å². The highest BCUT2D eigenvalue weighted by Gasteiger charge is 2.23. The number of hydrogen-bond acceptors (Lipinski definition) is 6. The van der Waals surface area contributed by atoms with E-state index in [1.165, 1.54) is 35.2 Å². The van der Waals surface area contributed by atoms with Crippen LogP contribution >= 0.6 is 23.1 Å². The number of piperazine rings is 1. The molecule has 0 unspecified atom stereocenters. The molecule has 1 fully saturated rings. The SMILES string of the molecule is CCn1c(SCC(=O)N2CCN(c3ccc(F)cc3)CC2)nc2sc(C)c(C)c2c1=O. The number of nitrogens with zero attached hydrogens (tertiary/aromatic N) is 4. The van der Waals surface area contributed by atoms with Gasteiger partial charge in [-0.15, -0.1) is 11.3 Å². The number of aromatic nitrogens is 2. The van der Waals surface area contributed by atoms with Crippen molar-refractivity contribution in [2.75, 3.05) is 36.8 Å². The number of thioether (sulfide) groups is 1. The molecule has 2 aromatic heterocycles. The highest BCUT2D eigenvalue weighted by Crippen LogP contribution is 2.28. The molecule has 0 atom stereocenters. The number of hydrogen-bond donors (Lipinski definition) is 0. The van der Waals surface area contributed by atoms with E-state index in [-0.39, 0.29) is 23.0 Å². The van der Waals surface area contributed by atoms with Gasteiger partial charge < -0.3 is 9.80 Å². The maximum absolute atomic E-state index is 13.1. The molecular weight excluding hydrogens is 435 g/mol. The lowest BCUT2D eigenvalue weighted by Gasteiger charge is -2.36. The van der Waals surface area contributed by atoms with Crippen molar-refractivity contribution in [1.82, 2.24) is 14.5 Å². The van der Waals surface area contributed by atoms with Crippen LogP contribution in [0.4, 0.5) is 10.1 Å². The van der Waals surface area contributed by atoms with E-state index in [9.17, 15) is 14.0 Å². The number of aryl methyl sites for hydroxylation is 2. The van der Waals surface area contributed by atoms with E-state index in [4.69, 9.17) is 4.98 Å². The molecule has 0 N–H and O–H groups in total. The van der Waals surface area contributed by atoms with Gasteiger partial charge in [-0.05, 0) is 50.6 Å². The van der Waals surface area contributed by atoms with Crippen molar-refractivity contribution in [2.24, 2.45) is 0 Å². The lowest BCUT2D eigenvalue weighted by Crippen LogP contribution is -2.49. The summed E-state index contributed by atoms with van der Waals surface area (Å²) in [6, 6.07) is 6.44. The van der Waals surface area contributed by atoms with E-state index in [0.717, 1.165) is 21.0 Å². The Morgan fingerprint density at radius 1 is 1.16 bits per heavy atom. The Hall–Kier alpha value is -2.39. The van der Waals surface area contributed by atoms with Gasteiger partial charge >= 0.3 is 0 Å². The highest BCUT2D eigenvalue weighted by molar-refractivity contribution is 7.99. The van der Waals surface area contributed by atoms with E-state index in [0.29, 0.717) is 43.3 Å². The van der Waals surface area contributed by atoms with E-state index in [1.807, 2.05) is 25.7 Å². The van der Waals surface area contributed by atoms with Gasteiger partial charge in [0.05, 0.1) is 11.1 Å². The Labute approximate surface area is 188 Å². The van der Waals surface area contributed by atoms with Crippen LogP contribution in [0.25, 0.3) is 10.2 Å². The monoisotopic (exact) mass is 460 g/mol. The zero-order chi connectivity index (χ0) is 22.1. The van der Waals surface area contributed by atoms with Crippen LogP contribution in [0.15, 0.2) is 34.2 Å². The summed E-state index contributed by atoms with van der Waals surface area (Å²) in [5, 5.41) is 1.29. The molecule has 6 nitrogen and oxygen atoms in total. The van der Waals surface area contributed by atoms with Crippen LogP contribution in [0.3, 0.4) is 0 Å². The van der Waals surface area contributed by atoms with Crippen LogP contribution in [-0.2, 0) is 11.3 Å². The molecule has 1 aliphatic heterocycles. The van der Waals surface area contributed by atoms with Gasteiger partial charge in [0.15, 0.2) is 5.16 Å². The number of carbonyl (C=O) groups is 1. The van der Waals surface area contributed by atoms with Gasteiger partial charge in [0.25, 0.3) is 5.56 Å². The molecular formula is C22H25FN4O2S2. The molecule has 164 valence electrons. The fourth-order valence-corrected chi connectivity index (χ4v) is 5.82. The predicted octanol–water partition coefficient (Wildman–Crippen LogP) is 3.67. The molecule has 4 rings (SSSR count). The molecule has 0 spiro atoms. The zero-order valence-electron chi connectivity index (χ0n) is 17.9. The van der Waals surface area contributed by atoms with Crippen molar-refractivity contribution < 1.29 is 9.18 Å². The first-order valence-corrected chi connectivity index (χ1v) is 12.1. The molecule has 1 aliphatic rings.